The maximum Gasteiger partial charge on any atom is 0.247 e. The van der Waals surface area contributed by atoms with Crippen LogP contribution >= 0.6 is 0 Å². The third-order valence-electron chi connectivity index (χ3n) is 6.16. The largest absolute Gasteiger partial charge is 0.348 e. The highest BCUT2D eigenvalue weighted by atomic mass is 16.2. The maximum absolute atomic E-state index is 13.0. The Morgan fingerprint density at radius 1 is 1.26 bits per heavy atom. The Hall–Kier alpha value is -2.15. The Morgan fingerprint density at radius 3 is 2.70 bits per heavy atom. The van der Waals surface area contributed by atoms with E-state index in [4.69, 9.17) is 4.98 Å². The van der Waals surface area contributed by atoms with Crippen LogP contribution < -0.4 is 0 Å². The van der Waals surface area contributed by atoms with Crippen LogP contribution in [0.4, 0.5) is 0 Å². The molecule has 1 spiro atoms. The molecule has 27 heavy (non-hydrogen) atoms. The Bertz CT molecular complexity index is 772. The molecule has 0 bridgehead atoms. The molecule has 1 atom stereocenters. The number of likely N-dealkylation sites (tertiary alicyclic amines) is 1. The number of hydrogen-bond acceptors (Lipinski definition) is 4. The van der Waals surface area contributed by atoms with Gasteiger partial charge < -0.3 is 9.88 Å². The average Bonchev–Trinajstić information content (AvgIpc) is 3.35. The number of H-pyrrole nitrogens is 1. The molecule has 1 saturated heterocycles. The van der Waals surface area contributed by atoms with E-state index >= 15 is 0 Å². The van der Waals surface area contributed by atoms with Gasteiger partial charge in [-0.2, -0.15) is 5.10 Å². The number of carbonyl (C=O) groups is 1. The van der Waals surface area contributed by atoms with E-state index < -0.39 is 0 Å². The smallest absolute Gasteiger partial charge is 0.247 e. The number of aromatic nitrogens is 4. The lowest BCUT2D eigenvalue weighted by atomic mass is 9.78. The first kappa shape index (κ1) is 18.2. The van der Waals surface area contributed by atoms with Gasteiger partial charge in [0.05, 0.1) is 17.6 Å². The summed E-state index contributed by atoms with van der Waals surface area (Å²) in [7, 11) is 0. The number of aromatic amines is 1. The molecule has 7 heteroatoms. The number of amides is 1. The van der Waals surface area contributed by atoms with Gasteiger partial charge in [0, 0.05) is 50.7 Å². The highest BCUT2D eigenvalue weighted by Crippen LogP contribution is 2.42. The van der Waals surface area contributed by atoms with E-state index in [1.54, 1.807) is 10.9 Å². The number of nitrogens with one attached hydrogen (secondary N) is 1. The Labute approximate surface area is 160 Å². The second-order valence-electron chi connectivity index (χ2n) is 8.34. The third-order valence-corrected chi connectivity index (χ3v) is 6.16. The summed E-state index contributed by atoms with van der Waals surface area (Å²) < 4.78 is 1.74. The molecule has 0 aliphatic carbocycles. The van der Waals surface area contributed by atoms with E-state index in [-0.39, 0.29) is 17.5 Å². The standard InChI is InChI=1S/C20H30N6O/c1-15(2)13-25-10-5-17-18(22-14-21-17)20(25)6-11-24(12-7-20)19(27)16(3)26-9-4-8-23-26/h4,8-9,14-16H,5-7,10-13H2,1-3H3,(H,21,22). The highest BCUT2D eigenvalue weighted by molar-refractivity contribution is 5.80. The summed E-state index contributed by atoms with van der Waals surface area (Å²) in [6.07, 6.45) is 8.32. The van der Waals surface area contributed by atoms with Gasteiger partial charge in [0.25, 0.3) is 0 Å². The second-order valence-corrected chi connectivity index (χ2v) is 8.34. The molecule has 0 aromatic carbocycles. The first-order valence-electron chi connectivity index (χ1n) is 10.1. The van der Waals surface area contributed by atoms with E-state index in [9.17, 15) is 4.79 Å². The van der Waals surface area contributed by atoms with Crippen molar-refractivity contribution in [3.05, 3.63) is 36.2 Å². The van der Waals surface area contributed by atoms with Crippen molar-refractivity contribution in [2.45, 2.75) is 51.6 Å². The Balaban J connectivity index is 1.53. The van der Waals surface area contributed by atoms with Crippen LogP contribution in [0.15, 0.2) is 24.8 Å². The summed E-state index contributed by atoms with van der Waals surface area (Å²) in [6.45, 7) is 10.2. The van der Waals surface area contributed by atoms with E-state index in [0.29, 0.717) is 5.92 Å². The van der Waals surface area contributed by atoms with E-state index in [0.717, 1.165) is 45.4 Å². The molecular formula is C20H30N6O. The van der Waals surface area contributed by atoms with Crippen molar-refractivity contribution in [1.29, 1.82) is 0 Å². The summed E-state index contributed by atoms with van der Waals surface area (Å²) in [5.74, 6) is 0.767. The van der Waals surface area contributed by atoms with Gasteiger partial charge in [-0.3, -0.25) is 14.4 Å². The molecule has 1 unspecified atom stereocenters. The molecule has 1 fully saturated rings. The maximum atomic E-state index is 13.0. The summed E-state index contributed by atoms with van der Waals surface area (Å²) in [5, 5.41) is 4.23. The summed E-state index contributed by atoms with van der Waals surface area (Å²) in [6, 6.07) is 1.60. The molecule has 4 rings (SSSR count). The molecule has 2 aliphatic rings. The van der Waals surface area contributed by atoms with Crippen molar-refractivity contribution >= 4 is 5.91 Å². The van der Waals surface area contributed by atoms with Crippen LogP contribution in [0.5, 0.6) is 0 Å². The van der Waals surface area contributed by atoms with Crippen LogP contribution in [0.25, 0.3) is 0 Å². The van der Waals surface area contributed by atoms with Gasteiger partial charge in [0.15, 0.2) is 0 Å². The van der Waals surface area contributed by atoms with Crippen LogP contribution in [0.3, 0.4) is 0 Å². The SMILES string of the molecule is CC(C)CN1CCc2[nH]cnc2C12CCN(C(=O)C(C)n1cccn1)CC2. The molecule has 1 amide bonds. The van der Waals surface area contributed by atoms with Gasteiger partial charge in [-0.25, -0.2) is 4.98 Å². The van der Waals surface area contributed by atoms with Crippen molar-refractivity contribution in [1.82, 2.24) is 29.5 Å². The summed E-state index contributed by atoms with van der Waals surface area (Å²) in [4.78, 5) is 25.6. The zero-order chi connectivity index (χ0) is 19.0. The van der Waals surface area contributed by atoms with Gasteiger partial charge in [-0.1, -0.05) is 13.8 Å². The van der Waals surface area contributed by atoms with Gasteiger partial charge in [0.1, 0.15) is 6.04 Å². The zero-order valence-corrected chi connectivity index (χ0v) is 16.6. The van der Waals surface area contributed by atoms with Crippen molar-refractivity contribution < 1.29 is 4.79 Å². The molecule has 2 aromatic heterocycles. The quantitative estimate of drug-likeness (QED) is 0.896. The Kier molecular flexibility index (Phi) is 4.80. The van der Waals surface area contributed by atoms with Crippen LogP contribution in [0.2, 0.25) is 0 Å². The number of rotatable bonds is 4. The molecule has 2 aromatic rings. The zero-order valence-electron chi connectivity index (χ0n) is 16.6. The Morgan fingerprint density at radius 2 is 2.04 bits per heavy atom. The van der Waals surface area contributed by atoms with Gasteiger partial charge in [0.2, 0.25) is 5.91 Å². The summed E-state index contributed by atoms with van der Waals surface area (Å²) >= 11 is 0. The number of hydrogen-bond donors (Lipinski definition) is 1. The van der Waals surface area contributed by atoms with Gasteiger partial charge in [-0.05, 0) is 31.7 Å². The first-order chi connectivity index (χ1) is 13.0. The third kappa shape index (κ3) is 3.18. The topological polar surface area (TPSA) is 70.1 Å². The highest BCUT2D eigenvalue weighted by Gasteiger charge is 2.47. The number of fused-ring (bicyclic) bond motifs is 2. The number of piperidine rings is 1. The molecule has 146 valence electrons. The molecule has 4 heterocycles. The van der Waals surface area contributed by atoms with E-state index in [1.807, 2.05) is 30.4 Å². The number of imidazole rings is 1. The fourth-order valence-electron chi connectivity index (χ4n) is 4.77. The predicted octanol–water partition coefficient (Wildman–Crippen LogP) is 2.20. The lowest BCUT2D eigenvalue weighted by Gasteiger charge is -2.51. The van der Waals surface area contributed by atoms with Crippen LogP contribution in [-0.2, 0) is 16.8 Å². The van der Waals surface area contributed by atoms with Crippen molar-refractivity contribution in [3.8, 4) is 0 Å². The minimum atomic E-state index is -0.256. The lowest BCUT2D eigenvalue weighted by Crippen LogP contribution is -2.58. The molecular weight excluding hydrogens is 340 g/mol. The second kappa shape index (κ2) is 7.11. The van der Waals surface area contributed by atoms with Crippen LogP contribution in [-0.4, -0.2) is 61.6 Å². The average molecular weight is 371 g/mol. The molecule has 2 aliphatic heterocycles. The van der Waals surface area contributed by atoms with Crippen molar-refractivity contribution in [3.63, 3.8) is 0 Å². The fraction of sp³-hybridized carbons (Fsp3) is 0.650. The van der Waals surface area contributed by atoms with Crippen LogP contribution in [0.1, 0.15) is 51.0 Å². The number of nitrogens with zero attached hydrogens (tertiary/aromatic N) is 5. The molecule has 1 N–H and O–H groups in total. The lowest BCUT2D eigenvalue weighted by molar-refractivity contribution is -0.138. The minimum absolute atomic E-state index is 0.0381. The van der Waals surface area contributed by atoms with Crippen molar-refractivity contribution in [2.75, 3.05) is 26.2 Å². The van der Waals surface area contributed by atoms with Gasteiger partial charge in [-0.15, -0.1) is 0 Å². The monoisotopic (exact) mass is 370 g/mol. The normalized spacial score (nSPS) is 20.8. The van der Waals surface area contributed by atoms with Gasteiger partial charge >= 0.3 is 0 Å². The number of carbonyl (C=O) groups excluding carboxylic acids is 1. The fourth-order valence-corrected chi connectivity index (χ4v) is 4.77. The van der Waals surface area contributed by atoms with Crippen molar-refractivity contribution in [2.24, 2.45) is 5.92 Å². The van der Waals surface area contributed by atoms with E-state index in [2.05, 4.69) is 28.8 Å². The predicted molar refractivity (Wildman–Crippen MR) is 103 cm³/mol. The van der Waals surface area contributed by atoms with E-state index in [1.165, 1.54) is 11.4 Å². The first-order valence-corrected chi connectivity index (χ1v) is 10.1. The minimum Gasteiger partial charge on any atom is -0.348 e. The molecule has 0 radical (unpaired) electrons. The molecule has 7 nitrogen and oxygen atoms in total. The molecule has 0 saturated carbocycles. The van der Waals surface area contributed by atoms with Crippen LogP contribution in [0, 0.1) is 5.92 Å². The summed E-state index contributed by atoms with van der Waals surface area (Å²) in [5.41, 5.74) is 2.45.